The summed E-state index contributed by atoms with van der Waals surface area (Å²) in [5.74, 6) is 0.934. The molecule has 7 heteroatoms. The molecule has 1 aliphatic rings. The van der Waals surface area contributed by atoms with Crippen LogP contribution in [0, 0.1) is 0 Å². The van der Waals surface area contributed by atoms with Crippen molar-refractivity contribution in [2.45, 2.75) is 12.5 Å². The van der Waals surface area contributed by atoms with Crippen LogP contribution in [0.15, 0.2) is 41.2 Å². The number of fused-ring (bicyclic) bond motifs is 1. The number of carbonyl (C=O) groups is 1. The van der Waals surface area contributed by atoms with Gasteiger partial charge in [-0.05, 0) is 12.1 Å². The molecule has 0 aliphatic carbocycles. The molecule has 1 amide bonds. The van der Waals surface area contributed by atoms with Crippen LogP contribution in [-0.4, -0.2) is 45.1 Å². The summed E-state index contributed by atoms with van der Waals surface area (Å²) < 4.78 is 7.27. The quantitative estimate of drug-likeness (QED) is 0.785. The third-order valence-electron chi connectivity index (χ3n) is 4.49. The van der Waals surface area contributed by atoms with Crippen molar-refractivity contribution in [2.24, 2.45) is 7.05 Å². The van der Waals surface area contributed by atoms with Crippen LogP contribution in [-0.2, 0) is 18.3 Å². The average molecular weight is 325 g/mol. The first kappa shape index (κ1) is 14.9. The molecule has 3 heterocycles. The zero-order valence-electron chi connectivity index (χ0n) is 13.5. The van der Waals surface area contributed by atoms with Gasteiger partial charge in [-0.3, -0.25) is 4.79 Å². The van der Waals surface area contributed by atoms with Crippen molar-refractivity contribution in [3.05, 3.63) is 48.2 Å². The van der Waals surface area contributed by atoms with Gasteiger partial charge in [0, 0.05) is 44.5 Å². The van der Waals surface area contributed by atoms with E-state index in [1.807, 2.05) is 47.0 Å². The summed E-state index contributed by atoms with van der Waals surface area (Å²) in [5, 5.41) is 8.32. The van der Waals surface area contributed by atoms with Crippen LogP contribution in [0.25, 0.3) is 11.0 Å². The fourth-order valence-electron chi connectivity index (χ4n) is 3.24. The van der Waals surface area contributed by atoms with E-state index in [0.717, 1.165) is 17.8 Å². The van der Waals surface area contributed by atoms with Gasteiger partial charge in [0.15, 0.2) is 5.58 Å². The molecule has 24 heavy (non-hydrogen) atoms. The SMILES string of the molecule is Cn1ccnc1C1CNCCN1C(=O)Cc1noc2ccccc12. The highest BCUT2D eigenvalue weighted by Gasteiger charge is 2.31. The maximum atomic E-state index is 12.9. The van der Waals surface area contributed by atoms with E-state index in [9.17, 15) is 4.79 Å². The fourth-order valence-corrected chi connectivity index (χ4v) is 3.24. The summed E-state index contributed by atoms with van der Waals surface area (Å²) >= 11 is 0. The molecule has 1 unspecified atom stereocenters. The molecule has 1 fully saturated rings. The smallest absolute Gasteiger partial charge is 0.229 e. The molecule has 2 aromatic heterocycles. The summed E-state index contributed by atoms with van der Waals surface area (Å²) in [6.45, 7) is 2.15. The molecular formula is C17H19N5O2. The second-order valence-corrected chi connectivity index (χ2v) is 6.01. The molecular weight excluding hydrogens is 306 g/mol. The molecule has 0 bridgehead atoms. The second kappa shape index (κ2) is 6.09. The normalized spacial score (nSPS) is 18.2. The number of benzene rings is 1. The predicted octanol–water partition coefficient (Wildman–Crippen LogP) is 1.28. The highest BCUT2D eigenvalue weighted by Crippen LogP contribution is 2.23. The molecule has 1 aliphatic heterocycles. The fraction of sp³-hybridized carbons (Fsp3) is 0.353. The van der Waals surface area contributed by atoms with Gasteiger partial charge in [-0.25, -0.2) is 4.98 Å². The van der Waals surface area contributed by atoms with Crippen molar-refractivity contribution in [1.82, 2.24) is 24.9 Å². The van der Waals surface area contributed by atoms with Crippen molar-refractivity contribution in [2.75, 3.05) is 19.6 Å². The van der Waals surface area contributed by atoms with Crippen LogP contribution in [0.4, 0.5) is 0 Å². The first-order valence-corrected chi connectivity index (χ1v) is 8.05. The largest absolute Gasteiger partial charge is 0.356 e. The van der Waals surface area contributed by atoms with Gasteiger partial charge in [-0.1, -0.05) is 17.3 Å². The van der Waals surface area contributed by atoms with E-state index in [1.54, 1.807) is 6.20 Å². The van der Waals surface area contributed by atoms with Crippen molar-refractivity contribution in [3.8, 4) is 0 Å². The zero-order valence-corrected chi connectivity index (χ0v) is 13.5. The van der Waals surface area contributed by atoms with E-state index in [4.69, 9.17) is 4.52 Å². The number of piperazine rings is 1. The lowest BCUT2D eigenvalue weighted by Crippen LogP contribution is -2.49. The minimum absolute atomic E-state index is 0.0450. The Hall–Kier alpha value is -2.67. The summed E-state index contributed by atoms with van der Waals surface area (Å²) in [5.41, 5.74) is 1.40. The molecule has 1 saturated heterocycles. The number of hydrogen-bond donors (Lipinski definition) is 1. The van der Waals surface area contributed by atoms with Gasteiger partial charge < -0.3 is 19.3 Å². The van der Waals surface area contributed by atoms with Crippen LogP contribution in [0.3, 0.4) is 0 Å². The lowest BCUT2D eigenvalue weighted by molar-refractivity contribution is -0.134. The summed E-state index contributed by atoms with van der Waals surface area (Å²) in [6.07, 6.45) is 3.90. The highest BCUT2D eigenvalue weighted by molar-refractivity contribution is 5.86. The Morgan fingerprint density at radius 3 is 3.12 bits per heavy atom. The third-order valence-corrected chi connectivity index (χ3v) is 4.49. The average Bonchev–Trinajstić information content (AvgIpc) is 3.21. The van der Waals surface area contributed by atoms with E-state index in [-0.39, 0.29) is 18.4 Å². The summed E-state index contributed by atoms with van der Waals surface area (Å²) in [7, 11) is 1.95. The minimum Gasteiger partial charge on any atom is -0.356 e. The predicted molar refractivity (Wildman–Crippen MR) is 88.2 cm³/mol. The summed E-state index contributed by atoms with van der Waals surface area (Å²) in [6, 6.07) is 7.55. The molecule has 3 aromatic rings. The Bertz CT molecular complexity index is 869. The summed E-state index contributed by atoms with van der Waals surface area (Å²) in [4.78, 5) is 19.2. The van der Waals surface area contributed by atoms with E-state index in [2.05, 4.69) is 15.5 Å². The topological polar surface area (TPSA) is 76.2 Å². The monoisotopic (exact) mass is 325 g/mol. The standard InChI is InChI=1S/C17H19N5O2/c1-21-8-7-19-17(21)14-11-18-6-9-22(14)16(23)10-13-12-4-2-3-5-15(12)24-20-13/h2-5,7-8,14,18H,6,9-11H2,1H3. The van der Waals surface area contributed by atoms with E-state index >= 15 is 0 Å². The minimum atomic E-state index is -0.0654. The number of amides is 1. The van der Waals surface area contributed by atoms with Crippen LogP contribution in [0.5, 0.6) is 0 Å². The first-order chi connectivity index (χ1) is 11.7. The van der Waals surface area contributed by atoms with Gasteiger partial charge in [0.05, 0.1) is 6.42 Å². The van der Waals surface area contributed by atoms with Crippen molar-refractivity contribution in [1.29, 1.82) is 0 Å². The van der Waals surface area contributed by atoms with Crippen molar-refractivity contribution >= 4 is 16.9 Å². The van der Waals surface area contributed by atoms with E-state index in [0.29, 0.717) is 24.4 Å². The number of imidazole rings is 1. The van der Waals surface area contributed by atoms with Crippen LogP contribution < -0.4 is 5.32 Å². The van der Waals surface area contributed by atoms with Crippen LogP contribution in [0.2, 0.25) is 0 Å². The number of nitrogens with zero attached hydrogens (tertiary/aromatic N) is 4. The first-order valence-electron chi connectivity index (χ1n) is 8.05. The van der Waals surface area contributed by atoms with Crippen molar-refractivity contribution in [3.63, 3.8) is 0 Å². The number of para-hydroxylation sites is 1. The maximum absolute atomic E-state index is 12.9. The molecule has 4 rings (SSSR count). The second-order valence-electron chi connectivity index (χ2n) is 6.01. The van der Waals surface area contributed by atoms with Crippen molar-refractivity contribution < 1.29 is 9.32 Å². The lowest BCUT2D eigenvalue weighted by Gasteiger charge is -2.35. The number of aryl methyl sites for hydroxylation is 1. The van der Waals surface area contributed by atoms with Crippen LogP contribution in [0.1, 0.15) is 17.6 Å². The van der Waals surface area contributed by atoms with Gasteiger partial charge in [0.2, 0.25) is 5.91 Å². The Morgan fingerprint density at radius 2 is 2.29 bits per heavy atom. The molecule has 0 spiro atoms. The Kier molecular flexibility index (Phi) is 3.78. The van der Waals surface area contributed by atoms with Gasteiger partial charge >= 0.3 is 0 Å². The Balaban J connectivity index is 1.59. The molecule has 1 N–H and O–H groups in total. The zero-order chi connectivity index (χ0) is 16.5. The number of nitrogens with one attached hydrogen (secondary N) is 1. The number of rotatable bonds is 3. The Morgan fingerprint density at radius 1 is 1.42 bits per heavy atom. The van der Waals surface area contributed by atoms with Gasteiger partial charge in [-0.15, -0.1) is 0 Å². The number of carbonyl (C=O) groups excluding carboxylic acids is 1. The third kappa shape index (κ3) is 2.56. The molecule has 1 atom stereocenters. The van der Waals surface area contributed by atoms with Crippen LogP contribution >= 0.6 is 0 Å². The molecule has 124 valence electrons. The highest BCUT2D eigenvalue weighted by atomic mass is 16.5. The van der Waals surface area contributed by atoms with Gasteiger partial charge in [0.25, 0.3) is 0 Å². The van der Waals surface area contributed by atoms with Gasteiger partial charge in [-0.2, -0.15) is 0 Å². The molecule has 0 saturated carbocycles. The molecule has 7 nitrogen and oxygen atoms in total. The number of aromatic nitrogens is 3. The molecule has 0 radical (unpaired) electrons. The van der Waals surface area contributed by atoms with E-state index in [1.165, 1.54) is 0 Å². The lowest BCUT2D eigenvalue weighted by atomic mass is 10.1. The van der Waals surface area contributed by atoms with E-state index < -0.39 is 0 Å². The maximum Gasteiger partial charge on any atom is 0.229 e. The number of hydrogen-bond acceptors (Lipinski definition) is 5. The Labute approximate surface area is 139 Å². The molecule has 1 aromatic carbocycles. The van der Waals surface area contributed by atoms with Gasteiger partial charge in [0.1, 0.15) is 17.6 Å².